The number of aliphatic carboxylic acids is 1. The number of carboxylic acids is 1. The van der Waals surface area contributed by atoms with Crippen molar-refractivity contribution in [3.63, 3.8) is 0 Å². The van der Waals surface area contributed by atoms with E-state index in [1.54, 1.807) is 6.92 Å². The number of carboxylic acid groups (broad SMARTS) is 1. The molecule has 1 unspecified atom stereocenters. The Kier molecular flexibility index (Phi) is 5.72. The van der Waals surface area contributed by atoms with Gasteiger partial charge in [0, 0.05) is 30.6 Å². The predicted molar refractivity (Wildman–Crippen MR) is 82.7 cm³/mol. The van der Waals surface area contributed by atoms with Crippen molar-refractivity contribution in [1.29, 1.82) is 0 Å². The molecule has 1 saturated carbocycles. The molecule has 126 valence electrons. The second kappa shape index (κ2) is 7.75. The molecule has 0 bridgehead atoms. The smallest absolute Gasteiger partial charge is 0.325 e. The topological polar surface area (TPSA) is 113 Å². The molecule has 0 spiro atoms. The van der Waals surface area contributed by atoms with Gasteiger partial charge in [0.1, 0.15) is 6.54 Å². The van der Waals surface area contributed by atoms with E-state index in [4.69, 9.17) is 5.11 Å². The minimum absolute atomic E-state index is 0.0218. The standard InChI is InChI=1S/C15H22N4O4/c1-10(16-15(23)11-4-2-3-5-11)8-13(20)17-12-6-7-19(18-12)9-14(21)22/h6-7,10-11H,2-5,8-9H2,1H3,(H,16,23)(H,21,22)(H,17,18,20). The summed E-state index contributed by atoms with van der Waals surface area (Å²) in [7, 11) is 0. The van der Waals surface area contributed by atoms with Gasteiger partial charge < -0.3 is 15.7 Å². The average molecular weight is 322 g/mol. The van der Waals surface area contributed by atoms with Gasteiger partial charge in [-0.3, -0.25) is 19.1 Å². The molecular weight excluding hydrogens is 300 g/mol. The van der Waals surface area contributed by atoms with Crippen LogP contribution in [0.4, 0.5) is 5.82 Å². The highest BCUT2D eigenvalue weighted by Gasteiger charge is 2.24. The molecule has 1 aliphatic rings. The summed E-state index contributed by atoms with van der Waals surface area (Å²) in [5, 5.41) is 18.1. The minimum Gasteiger partial charge on any atom is -0.480 e. The number of nitrogens with zero attached hydrogens (tertiary/aromatic N) is 2. The number of hydrogen-bond donors (Lipinski definition) is 3. The first-order valence-electron chi connectivity index (χ1n) is 7.79. The Morgan fingerprint density at radius 3 is 2.74 bits per heavy atom. The van der Waals surface area contributed by atoms with Crippen LogP contribution in [0.1, 0.15) is 39.0 Å². The van der Waals surface area contributed by atoms with E-state index in [1.165, 1.54) is 16.9 Å². The molecule has 2 rings (SSSR count). The van der Waals surface area contributed by atoms with E-state index in [0.29, 0.717) is 5.82 Å². The molecule has 8 nitrogen and oxygen atoms in total. The lowest BCUT2D eigenvalue weighted by Gasteiger charge is -2.16. The zero-order chi connectivity index (χ0) is 16.8. The first-order chi connectivity index (χ1) is 10.9. The van der Waals surface area contributed by atoms with Crippen molar-refractivity contribution >= 4 is 23.6 Å². The number of carbonyl (C=O) groups is 3. The Balaban J connectivity index is 1.76. The van der Waals surface area contributed by atoms with Gasteiger partial charge >= 0.3 is 5.97 Å². The van der Waals surface area contributed by atoms with E-state index < -0.39 is 5.97 Å². The summed E-state index contributed by atoms with van der Waals surface area (Å²) >= 11 is 0. The number of aromatic nitrogens is 2. The summed E-state index contributed by atoms with van der Waals surface area (Å²) in [6.45, 7) is 1.53. The predicted octanol–water partition coefficient (Wildman–Crippen LogP) is 0.991. The molecule has 0 aromatic carbocycles. The van der Waals surface area contributed by atoms with Gasteiger partial charge in [0.15, 0.2) is 5.82 Å². The molecule has 23 heavy (non-hydrogen) atoms. The van der Waals surface area contributed by atoms with Crippen LogP contribution in [0.5, 0.6) is 0 Å². The lowest BCUT2D eigenvalue weighted by Crippen LogP contribution is -2.38. The Morgan fingerprint density at radius 2 is 2.09 bits per heavy atom. The SMILES string of the molecule is CC(CC(=O)Nc1ccn(CC(=O)O)n1)NC(=O)C1CCCC1. The van der Waals surface area contributed by atoms with Crippen molar-refractivity contribution < 1.29 is 19.5 Å². The molecule has 1 heterocycles. The van der Waals surface area contributed by atoms with Gasteiger partial charge in [-0.25, -0.2) is 0 Å². The minimum atomic E-state index is -1.01. The molecule has 0 radical (unpaired) electrons. The molecule has 8 heteroatoms. The van der Waals surface area contributed by atoms with Crippen molar-refractivity contribution in [3.05, 3.63) is 12.3 Å². The van der Waals surface area contributed by atoms with E-state index in [2.05, 4.69) is 15.7 Å². The molecule has 0 aliphatic heterocycles. The highest BCUT2D eigenvalue weighted by atomic mass is 16.4. The summed E-state index contributed by atoms with van der Waals surface area (Å²) < 4.78 is 1.23. The Labute approximate surface area is 134 Å². The molecule has 2 amide bonds. The van der Waals surface area contributed by atoms with Crippen molar-refractivity contribution in [3.8, 4) is 0 Å². The van der Waals surface area contributed by atoms with E-state index in [1.807, 2.05) is 0 Å². The number of amides is 2. The van der Waals surface area contributed by atoms with E-state index in [0.717, 1.165) is 25.7 Å². The number of anilines is 1. The number of carbonyl (C=O) groups excluding carboxylic acids is 2. The van der Waals surface area contributed by atoms with Crippen LogP contribution >= 0.6 is 0 Å². The maximum atomic E-state index is 12.0. The third-order valence-corrected chi connectivity index (χ3v) is 3.81. The Morgan fingerprint density at radius 1 is 1.39 bits per heavy atom. The van der Waals surface area contributed by atoms with Gasteiger partial charge in [0.05, 0.1) is 0 Å². The molecule has 1 fully saturated rings. The van der Waals surface area contributed by atoms with Crippen LogP contribution < -0.4 is 10.6 Å². The number of nitrogens with one attached hydrogen (secondary N) is 2. The van der Waals surface area contributed by atoms with Crippen molar-refractivity contribution in [2.24, 2.45) is 5.92 Å². The molecular formula is C15H22N4O4. The second-order valence-electron chi connectivity index (χ2n) is 5.94. The van der Waals surface area contributed by atoms with E-state index in [-0.39, 0.29) is 36.7 Å². The largest absolute Gasteiger partial charge is 0.480 e. The van der Waals surface area contributed by atoms with E-state index >= 15 is 0 Å². The van der Waals surface area contributed by atoms with Crippen LogP contribution in [-0.2, 0) is 20.9 Å². The molecule has 1 atom stereocenters. The Hall–Kier alpha value is -2.38. The molecule has 1 aromatic rings. The van der Waals surface area contributed by atoms with Crippen LogP contribution in [0, 0.1) is 5.92 Å². The third-order valence-electron chi connectivity index (χ3n) is 3.81. The zero-order valence-corrected chi connectivity index (χ0v) is 13.1. The van der Waals surface area contributed by atoms with E-state index in [9.17, 15) is 14.4 Å². The van der Waals surface area contributed by atoms with Gasteiger partial charge in [-0.15, -0.1) is 0 Å². The lowest BCUT2D eigenvalue weighted by molar-refractivity contribution is -0.138. The van der Waals surface area contributed by atoms with Crippen molar-refractivity contribution in [1.82, 2.24) is 15.1 Å². The van der Waals surface area contributed by atoms with Crippen LogP contribution in [0.25, 0.3) is 0 Å². The molecule has 3 N–H and O–H groups in total. The maximum Gasteiger partial charge on any atom is 0.325 e. The van der Waals surface area contributed by atoms with Gasteiger partial charge in [0.2, 0.25) is 11.8 Å². The zero-order valence-electron chi connectivity index (χ0n) is 13.1. The fourth-order valence-corrected chi connectivity index (χ4v) is 2.73. The maximum absolute atomic E-state index is 12.0. The van der Waals surface area contributed by atoms with Crippen LogP contribution in [-0.4, -0.2) is 38.7 Å². The Bertz CT molecular complexity index is 578. The monoisotopic (exact) mass is 322 g/mol. The first-order valence-corrected chi connectivity index (χ1v) is 7.79. The van der Waals surface area contributed by atoms with Crippen LogP contribution in [0.2, 0.25) is 0 Å². The highest BCUT2D eigenvalue weighted by Crippen LogP contribution is 2.24. The van der Waals surface area contributed by atoms with Crippen LogP contribution in [0.3, 0.4) is 0 Å². The highest BCUT2D eigenvalue weighted by molar-refractivity contribution is 5.90. The molecule has 0 saturated heterocycles. The van der Waals surface area contributed by atoms with Crippen molar-refractivity contribution in [2.75, 3.05) is 5.32 Å². The van der Waals surface area contributed by atoms with Gasteiger partial charge in [0.25, 0.3) is 0 Å². The summed E-state index contributed by atoms with van der Waals surface area (Å²) in [5.74, 6) is -0.884. The van der Waals surface area contributed by atoms with Crippen LogP contribution in [0.15, 0.2) is 12.3 Å². The number of rotatable bonds is 7. The summed E-state index contributed by atoms with van der Waals surface area (Å²) in [6.07, 6.45) is 5.65. The summed E-state index contributed by atoms with van der Waals surface area (Å²) in [4.78, 5) is 34.5. The average Bonchev–Trinajstić information content (AvgIpc) is 3.09. The normalized spacial score (nSPS) is 16.0. The van der Waals surface area contributed by atoms with Gasteiger partial charge in [-0.1, -0.05) is 12.8 Å². The van der Waals surface area contributed by atoms with Gasteiger partial charge in [-0.2, -0.15) is 5.10 Å². The molecule has 1 aromatic heterocycles. The number of hydrogen-bond acceptors (Lipinski definition) is 4. The quantitative estimate of drug-likeness (QED) is 0.693. The third kappa shape index (κ3) is 5.39. The van der Waals surface area contributed by atoms with Gasteiger partial charge in [-0.05, 0) is 19.8 Å². The summed E-state index contributed by atoms with van der Waals surface area (Å²) in [6, 6.07) is 1.27. The van der Waals surface area contributed by atoms with Crippen molar-refractivity contribution in [2.45, 2.75) is 51.6 Å². The fourth-order valence-electron chi connectivity index (χ4n) is 2.73. The molecule has 1 aliphatic carbocycles. The fraction of sp³-hybridized carbons (Fsp3) is 0.600. The second-order valence-corrected chi connectivity index (χ2v) is 5.94. The first kappa shape index (κ1) is 17.0. The lowest BCUT2D eigenvalue weighted by atomic mass is 10.1. The summed E-state index contributed by atoms with van der Waals surface area (Å²) in [5.41, 5.74) is 0.